The maximum Gasteiger partial charge on any atom is 0.115 e. The molecule has 1 N–H and O–H groups in total. The topological polar surface area (TPSA) is 23.5 Å². The number of nitrogens with zero attached hydrogens (tertiary/aromatic N) is 1. The fourth-order valence-electron chi connectivity index (χ4n) is 3.27. The highest BCUT2D eigenvalue weighted by atomic mass is 16.3. The van der Waals surface area contributed by atoms with Crippen LogP contribution in [0.1, 0.15) is 11.1 Å². The molecule has 0 saturated heterocycles. The van der Waals surface area contributed by atoms with E-state index in [1.807, 2.05) is 30.3 Å². The first-order chi connectivity index (χ1) is 13.3. The first-order valence-corrected chi connectivity index (χ1v) is 9.07. The molecule has 4 aromatic rings. The molecule has 27 heavy (non-hydrogen) atoms. The summed E-state index contributed by atoms with van der Waals surface area (Å²) in [6.45, 7) is 0. The molecule has 0 aliphatic carbocycles. The third-order valence-electron chi connectivity index (χ3n) is 4.54. The first-order valence-electron chi connectivity index (χ1n) is 9.07. The van der Waals surface area contributed by atoms with Crippen molar-refractivity contribution >= 4 is 17.1 Å². The summed E-state index contributed by atoms with van der Waals surface area (Å²) in [7, 11) is 0. The van der Waals surface area contributed by atoms with Gasteiger partial charge in [0, 0.05) is 17.1 Å². The number of benzene rings is 4. The van der Waals surface area contributed by atoms with Crippen molar-refractivity contribution in [3.8, 4) is 5.75 Å². The van der Waals surface area contributed by atoms with Gasteiger partial charge in [-0.3, -0.25) is 0 Å². The standard InChI is InChI=1S/C25H21NO/c27-25-13-7-8-21(19-25)18-20-14-16-24(17-15-20)26(22-9-3-1-4-10-22)23-11-5-2-6-12-23/h1-17,19,27H,18H2. The quantitative estimate of drug-likeness (QED) is 0.446. The lowest BCUT2D eigenvalue weighted by atomic mass is 10.0. The van der Waals surface area contributed by atoms with Gasteiger partial charge in [0.05, 0.1) is 0 Å². The van der Waals surface area contributed by atoms with Gasteiger partial charge in [0.2, 0.25) is 0 Å². The molecule has 0 unspecified atom stereocenters. The molecule has 0 aromatic heterocycles. The molecule has 4 rings (SSSR count). The van der Waals surface area contributed by atoms with Crippen molar-refractivity contribution < 1.29 is 5.11 Å². The van der Waals surface area contributed by atoms with E-state index in [0.29, 0.717) is 5.75 Å². The number of phenols is 1. The van der Waals surface area contributed by atoms with Crippen LogP contribution in [0.3, 0.4) is 0 Å². The van der Waals surface area contributed by atoms with E-state index in [4.69, 9.17) is 0 Å². The molecule has 0 aliphatic rings. The van der Waals surface area contributed by atoms with Gasteiger partial charge in [0.1, 0.15) is 5.75 Å². The number of hydrogen-bond donors (Lipinski definition) is 1. The molecular weight excluding hydrogens is 330 g/mol. The molecule has 0 spiro atoms. The number of aromatic hydroxyl groups is 1. The molecule has 0 bridgehead atoms. The predicted molar refractivity (Wildman–Crippen MR) is 112 cm³/mol. The molecule has 0 fully saturated rings. The minimum Gasteiger partial charge on any atom is -0.508 e. The highest BCUT2D eigenvalue weighted by Gasteiger charge is 2.11. The molecule has 0 heterocycles. The molecule has 0 amide bonds. The van der Waals surface area contributed by atoms with Gasteiger partial charge in [-0.25, -0.2) is 0 Å². The lowest BCUT2D eigenvalue weighted by Crippen LogP contribution is -2.09. The van der Waals surface area contributed by atoms with Crippen molar-refractivity contribution in [3.63, 3.8) is 0 Å². The summed E-state index contributed by atoms with van der Waals surface area (Å²) in [5.74, 6) is 0.309. The zero-order valence-electron chi connectivity index (χ0n) is 15.0. The van der Waals surface area contributed by atoms with E-state index in [9.17, 15) is 5.11 Å². The summed E-state index contributed by atoms with van der Waals surface area (Å²) in [6, 6.07) is 36.8. The Kier molecular flexibility index (Phi) is 4.88. The van der Waals surface area contributed by atoms with Crippen molar-refractivity contribution in [1.82, 2.24) is 0 Å². The summed E-state index contributed by atoms with van der Waals surface area (Å²) < 4.78 is 0. The molecule has 4 aromatic carbocycles. The van der Waals surface area contributed by atoms with E-state index in [0.717, 1.165) is 29.0 Å². The van der Waals surface area contributed by atoms with Crippen LogP contribution in [0.4, 0.5) is 17.1 Å². The molecule has 132 valence electrons. The van der Waals surface area contributed by atoms with Gasteiger partial charge < -0.3 is 10.0 Å². The predicted octanol–water partition coefficient (Wildman–Crippen LogP) is 6.45. The van der Waals surface area contributed by atoms with E-state index in [1.165, 1.54) is 5.56 Å². The van der Waals surface area contributed by atoms with Gasteiger partial charge in [-0.15, -0.1) is 0 Å². The second-order valence-electron chi connectivity index (χ2n) is 6.52. The van der Waals surface area contributed by atoms with Crippen molar-refractivity contribution in [1.29, 1.82) is 0 Å². The minimum atomic E-state index is 0.309. The van der Waals surface area contributed by atoms with Gasteiger partial charge in [-0.1, -0.05) is 60.7 Å². The Morgan fingerprint density at radius 2 is 1.07 bits per heavy atom. The van der Waals surface area contributed by atoms with Crippen LogP contribution in [0.2, 0.25) is 0 Å². The van der Waals surface area contributed by atoms with E-state index >= 15 is 0 Å². The van der Waals surface area contributed by atoms with Crippen molar-refractivity contribution in [2.24, 2.45) is 0 Å². The van der Waals surface area contributed by atoms with Crippen molar-refractivity contribution in [2.75, 3.05) is 4.90 Å². The summed E-state index contributed by atoms with van der Waals surface area (Å²) in [4.78, 5) is 2.25. The number of anilines is 3. The molecule has 0 atom stereocenters. The maximum atomic E-state index is 9.65. The second-order valence-corrected chi connectivity index (χ2v) is 6.52. The van der Waals surface area contributed by atoms with Crippen LogP contribution < -0.4 is 4.90 Å². The monoisotopic (exact) mass is 351 g/mol. The van der Waals surface area contributed by atoms with E-state index < -0.39 is 0 Å². The third kappa shape index (κ3) is 4.01. The molecule has 0 aliphatic heterocycles. The summed E-state index contributed by atoms with van der Waals surface area (Å²) in [6.07, 6.45) is 0.797. The summed E-state index contributed by atoms with van der Waals surface area (Å²) in [5, 5.41) is 9.65. The Hall–Kier alpha value is -3.52. The molecule has 2 nitrogen and oxygen atoms in total. The van der Waals surface area contributed by atoms with Gasteiger partial charge in [-0.05, 0) is 66.1 Å². The fourth-order valence-corrected chi connectivity index (χ4v) is 3.27. The highest BCUT2D eigenvalue weighted by Crippen LogP contribution is 2.34. The average molecular weight is 351 g/mol. The molecule has 0 radical (unpaired) electrons. The summed E-state index contributed by atoms with van der Waals surface area (Å²) in [5.41, 5.74) is 5.69. The van der Waals surface area contributed by atoms with Gasteiger partial charge in [0.15, 0.2) is 0 Å². The van der Waals surface area contributed by atoms with Gasteiger partial charge >= 0.3 is 0 Å². The Labute approximate surface area is 160 Å². The zero-order chi connectivity index (χ0) is 18.5. The number of rotatable bonds is 5. The Balaban J connectivity index is 1.65. The van der Waals surface area contributed by atoms with Crippen LogP contribution in [-0.2, 0) is 6.42 Å². The van der Waals surface area contributed by atoms with Crippen LogP contribution in [0.25, 0.3) is 0 Å². The number of para-hydroxylation sites is 2. The molecule has 2 heteroatoms. The lowest BCUT2D eigenvalue weighted by Gasteiger charge is -2.25. The Morgan fingerprint density at radius 1 is 0.519 bits per heavy atom. The van der Waals surface area contributed by atoms with Crippen LogP contribution in [0, 0.1) is 0 Å². The van der Waals surface area contributed by atoms with E-state index in [-0.39, 0.29) is 0 Å². The minimum absolute atomic E-state index is 0.309. The van der Waals surface area contributed by atoms with Crippen LogP contribution >= 0.6 is 0 Å². The highest BCUT2D eigenvalue weighted by molar-refractivity contribution is 5.76. The first kappa shape index (κ1) is 16.9. The fraction of sp³-hybridized carbons (Fsp3) is 0.0400. The average Bonchev–Trinajstić information content (AvgIpc) is 2.71. The maximum absolute atomic E-state index is 9.65. The van der Waals surface area contributed by atoms with Crippen LogP contribution in [0.5, 0.6) is 5.75 Å². The van der Waals surface area contributed by atoms with Crippen LogP contribution in [-0.4, -0.2) is 5.11 Å². The van der Waals surface area contributed by atoms with E-state index in [1.54, 1.807) is 6.07 Å². The van der Waals surface area contributed by atoms with Crippen molar-refractivity contribution in [3.05, 3.63) is 120 Å². The Morgan fingerprint density at radius 3 is 1.63 bits per heavy atom. The normalized spacial score (nSPS) is 10.5. The lowest BCUT2D eigenvalue weighted by molar-refractivity contribution is 0.474. The molecule has 0 saturated carbocycles. The molecular formula is C25H21NO. The van der Waals surface area contributed by atoms with E-state index in [2.05, 4.69) is 77.7 Å². The van der Waals surface area contributed by atoms with Crippen molar-refractivity contribution in [2.45, 2.75) is 6.42 Å². The summed E-state index contributed by atoms with van der Waals surface area (Å²) >= 11 is 0. The van der Waals surface area contributed by atoms with Crippen LogP contribution in [0.15, 0.2) is 109 Å². The largest absolute Gasteiger partial charge is 0.508 e. The number of hydrogen-bond acceptors (Lipinski definition) is 2. The Bertz CT molecular complexity index is 956. The van der Waals surface area contributed by atoms with Gasteiger partial charge in [0.25, 0.3) is 0 Å². The van der Waals surface area contributed by atoms with Gasteiger partial charge in [-0.2, -0.15) is 0 Å². The number of phenolic OH excluding ortho intramolecular Hbond substituents is 1. The smallest absolute Gasteiger partial charge is 0.115 e. The third-order valence-corrected chi connectivity index (χ3v) is 4.54. The zero-order valence-corrected chi connectivity index (χ0v) is 15.0. The second kappa shape index (κ2) is 7.79. The SMILES string of the molecule is Oc1cccc(Cc2ccc(N(c3ccccc3)c3ccccc3)cc2)c1.